The SMILES string of the molecule is CC(C)CCOc1cccc(NC(=O)COc2ccccc2C(C)C)c1. The molecule has 2 aromatic rings. The van der Waals surface area contributed by atoms with E-state index in [1.807, 2.05) is 48.5 Å². The molecule has 0 aliphatic carbocycles. The van der Waals surface area contributed by atoms with Crippen molar-refractivity contribution in [2.24, 2.45) is 5.92 Å². The minimum atomic E-state index is -0.192. The minimum absolute atomic E-state index is 0.0256. The Hall–Kier alpha value is -2.49. The van der Waals surface area contributed by atoms with Gasteiger partial charge in [0.2, 0.25) is 0 Å². The van der Waals surface area contributed by atoms with Crippen molar-refractivity contribution in [1.29, 1.82) is 0 Å². The smallest absolute Gasteiger partial charge is 0.262 e. The summed E-state index contributed by atoms with van der Waals surface area (Å²) < 4.78 is 11.4. The van der Waals surface area contributed by atoms with E-state index >= 15 is 0 Å². The van der Waals surface area contributed by atoms with Crippen LogP contribution in [0.5, 0.6) is 11.5 Å². The molecule has 0 saturated carbocycles. The monoisotopic (exact) mass is 355 g/mol. The Morgan fingerprint density at radius 3 is 2.50 bits per heavy atom. The van der Waals surface area contributed by atoms with Crippen LogP contribution < -0.4 is 14.8 Å². The third kappa shape index (κ3) is 6.43. The third-order valence-corrected chi connectivity index (χ3v) is 3.98. The quantitative estimate of drug-likeness (QED) is 0.668. The van der Waals surface area contributed by atoms with Crippen molar-refractivity contribution in [3.8, 4) is 11.5 Å². The lowest BCUT2D eigenvalue weighted by atomic mass is 10.0. The lowest BCUT2D eigenvalue weighted by Gasteiger charge is -2.14. The molecule has 1 amide bonds. The molecule has 0 atom stereocenters. The van der Waals surface area contributed by atoms with Gasteiger partial charge in [-0.1, -0.05) is 52.0 Å². The molecule has 26 heavy (non-hydrogen) atoms. The number of anilines is 1. The van der Waals surface area contributed by atoms with Gasteiger partial charge in [0.25, 0.3) is 5.91 Å². The van der Waals surface area contributed by atoms with Gasteiger partial charge in [0.1, 0.15) is 11.5 Å². The number of amides is 1. The van der Waals surface area contributed by atoms with E-state index in [4.69, 9.17) is 9.47 Å². The van der Waals surface area contributed by atoms with Crippen LogP contribution in [0.3, 0.4) is 0 Å². The maximum atomic E-state index is 12.2. The van der Waals surface area contributed by atoms with Crippen molar-refractivity contribution in [3.05, 3.63) is 54.1 Å². The second kappa shape index (κ2) is 9.85. The normalized spacial score (nSPS) is 10.8. The maximum absolute atomic E-state index is 12.2. The molecule has 0 radical (unpaired) electrons. The van der Waals surface area contributed by atoms with Crippen LogP contribution in [0.25, 0.3) is 0 Å². The number of para-hydroxylation sites is 1. The molecule has 0 aliphatic rings. The zero-order chi connectivity index (χ0) is 18.9. The number of carbonyl (C=O) groups excluding carboxylic acids is 1. The number of hydrogen-bond donors (Lipinski definition) is 1. The van der Waals surface area contributed by atoms with Crippen LogP contribution in [0.1, 0.15) is 45.6 Å². The Bertz CT molecular complexity index is 710. The molecule has 2 rings (SSSR count). The fourth-order valence-electron chi connectivity index (χ4n) is 2.51. The highest BCUT2D eigenvalue weighted by atomic mass is 16.5. The van der Waals surface area contributed by atoms with Crippen LogP contribution in [-0.4, -0.2) is 19.1 Å². The highest BCUT2D eigenvalue weighted by Crippen LogP contribution is 2.25. The average molecular weight is 355 g/mol. The van der Waals surface area contributed by atoms with Gasteiger partial charge in [0.15, 0.2) is 6.61 Å². The molecule has 0 unspecified atom stereocenters. The molecule has 0 spiro atoms. The van der Waals surface area contributed by atoms with Gasteiger partial charge in [-0.15, -0.1) is 0 Å². The van der Waals surface area contributed by atoms with Crippen LogP contribution in [0.15, 0.2) is 48.5 Å². The predicted octanol–water partition coefficient (Wildman–Crippen LogP) is 5.25. The molecule has 4 nitrogen and oxygen atoms in total. The fraction of sp³-hybridized carbons (Fsp3) is 0.409. The summed E-state index contributed by atoms with van der Waals surface area (Å²) in [5.41, 5.74) is 1.80. The topological polar surface area (TPSA) is 47.6 Å². The van der Waals surface area contributed by atoms with E-state index in [-0.39, 0.29) is 12.5 Å². The van der Waals surface area contributed by atoms with Crippen molar-refractivity contribution < 1.29 is 14.3 Å². The van der Waals surface area contributed by atoms with E-state index in [1.54, 1.807) is 0 Å². The number of carbonyl (C=O) groups is 1. The van der Waals surface area contributed by atoms with Gasteiger partial charge in [-0.05, 0) is 42.0 Å². The second-order valence-electron chi connectivity index (χ2n) is 7.09. The molecule has 4 heteroatoms. The first kappa shape index (κ1) is 19.8. The van der Waals surface area contributed by atoms with Gasteiger partial charge in [-0.25, -0.2) is 0 Å². The Morgan fingerprint density at radius 2 is 1.77 bits per heavy atom. The van der Waals surface area contributed by atoms with Crippen LogP contribution >= 0.6 is 0 Å². The van der Waals surface area contributed by atoms with E-state index in [9.17, 15) is 4.79 Å². The van der Waals surface area contributed by atoms with E-state index in [1.165, 1.54) is 0 Å². The Kier molecular flexibility index (Phi) is 7.52. The van der Waals surface area contributed by atoms with Crippen molar-refractivity contribution >= 4 is 11.6 Å². The summed E-state index contributed by atoms with van der Waals surface area (Å²) in [6.45, 7) is 9.18. The Morgan fingerprint density at radius 1 is 1.00 bits per heavy atom. The first-order valence-electron chi connectivity index (χ1n) is 9.20. The van der Waals surface area contributed by atoms with Gasteiger partial charge >= 0.3 is 0 Å². The van der Waals surface area contributed by atoms with Crippen LogP contribution in [0, 0.1) is 5.92 Å². The summed E-state index contributed by atoms with van der Waals surface area (Å²) in [5, 5.41) is 2.86. The molecular weight excluding hydrogens is 326 g/mol. The second-order valence-corrected chi connectivity index (χ2v) is 7.09. The van der Waals surface area contributed by atoms with Gasteiger partial charge < -0.3 is 14.8 Å². The van der Waals surface area contributed by atoms with E-state index < -0.39 is 0 Å². The zero-order valence-electron chi connectivity index (χ0n) is 16.1. The van der Waals surface area contributed by atoms with Gasteiger partial charge in [-0.3, -0.25) is 4.79 Å². The van der Waals surface area contributed by atoms with E-state index in [0.29, 0.717) is 24.1 Å². The summed E-state index contributed by atoms with van der Waals surface area (Å²) >= 11 is 0. The molecular formula is C22H29NO3. The summed E-state index contributed by atoms with van der Waals surface area (Å²) in [6, 6.07) is 15.3. The molecule has 0 bridgehead atoms. The Labute approximate surface area is 156 Å². The number of nitrogens with one attached hydrogen (secondary N) is 1. The van der Waals surface area contributed by atoms with E-state index in [2.05, 4.69) is 33.0 Å². The standard InChI is InChI=1S/C22H29NO3/c1-16(2)12-13-25-19-9-7-8-18(14-19)23-22(24)15-26-21-11-6-5-10-20(21)17(3)4/h5-11,14,16-17H,12-13,15H2,1-4H3,(H,23,24). The first-order valence-corrected chi connectivity index (χ1v) is 9.20. The Balaban J connectivity index is 1.88. The largest absolute Gasteiger partial charge is 0.494 e. The molecule has 0 heterocycles. The number of benzene rings is 2. The molecule has 0 aromatic heterocycles. The number of ether oxygens (including phenoxy) is 2. The summed E-state index contributed by atoms with van der Waals surface area (Å²) in [4.78, 5) is 12.2. The highest BCUT2D eigenvalue weighted by Gasteiger charge is 2.10. The summed E-state index contributed by atoms with van der Waals surface area (Å²) in [5.74, 6) is 2.26. The van der Waals surface area contributed by atoms with Crippen LogP contribution in [0.4, 0.5) is 5.69 Å². The molecule has 1 N–H and O–H groups in total. The van der Waals surface area contributed by atoms with Crippen molar-refractivity contribution in [1.82, 2.24) is 0 Å². The average Bonchev–Trinajstić information content (AvgIpc) is 2.60. The van der Waals surface area contributed by atoms with Crippen LogP contribution in [-0.2, 0) is 4.79 Å². The van der Waals surface area contributed by atoms with Crippen molar-refractivity contribution in [2.45, 2.75) is 40.0 Å². The molecule has 140 valence electrons. The predicted molar refractivity (Wildman–Crippen MR) is 106 cm³/mol. The van der Waals surface area contributed by atoms with Gasteiger partial charge in [0.05, 0.1) is 6.61 Å². The number of rotatable bonds is 9. The fourth-order valence-corrected chi connectivity index (χ4v) is 2.51. The third-order valence-electron chi connectivity index (χ3n) is 3.98. The molecule has 0 fully saturated rings. The van der Waals surface area contributed by atoms with E-state index in [0.717, 1.165) is 23.5 Å². The lowest BCUT2D eigenvalue weighted by molar-refractivity contribution is -0.118. The lowest BCUT2D eigenvalue weighted by Crippen LogP contribution is -2.20. The molecule has 0 aliphatic heterocycles. The summed E-state index contributed by atoms with van der Waals surface area (Å²) in [6.07, 6.45) is 1.000. The first-order chi connectivity index (χ1) is 12.5. The molecule has 2 aromatic carbocycles. The number of hydrogen-bond acceptors (Lipinski definition) is 3. The maximum Gasteiger partial charge on any atom is 0.262 e. The van der Waals surface area contributed by atoms with Crippen molar-refractivity contribution in [3.63, 3.8) is 0 Å². The van der Waals surface area contributed by atoms with Gasteiger partial charge in [0, 0.05) is 11.8 Å². The van der Waals surface area contributed by atoms with Gasteiger partial charge in [-0.2, -0.15) is 0 Å². The summed E-state index contributed by atoms with van der Waals surface area (Å²) in [7, 11) is 0. The van der Waals surface area contributed by atoms with Crippen LogP contribution in [0.2, 0.25) is 0 Å². The van der Waals surface area contributed by atoms with Crippen molar-refractivity contribution in [2.75, 3.05) is 18.5 Å². The minimum Gasteiger partial charge on any atom is -0.494 e. The molecule has 0 saturated heterocycles. The highest BCUT2D eigenvalue weighted by molar-refractivity contribution is 5.92. The zero-order valence-corrected chi connectivity index (χ0v) is 16.1.